The minimum Gasteiger partial charge on any atom is -0.463 e. The molecule has 1 N–H and O–H groups in total. The smallest absolute Gasteiger partial charge is 0.333 e. The van der Waals surface area contributed by atoms with Crippen LogP contribution in [0.4, 0.5) is 0 Å². The first-order valence-corrected chi connectivity index (χ1v) is 14.2. The highest BCUT2D eigenvalue weighted by molar-refractivity contribution is 5.93. The molecular formula is C33H54BN4O4. The van der Waals surface area contributed by atoms with E-state index in [2.05, 4.69) is 42.1 Å². The fourth-order valence-electron chi connectivity index (χ4n) is 5.64. The van der Waals surface area contributed by atoms with Crippen molar-refractivity contribution in [3.8, 4) is 0 Å². The summed E-state index contributed by atoms with van der Waals surface area (Å²) in [6.45, 7) is 15.8. The second-order valence-electron chi connectivity index (χ2n) is 12.2. The fourth-order valence-corrected chi connectivity index (χ4v) is 5.64. The third kappa shape index (κ3) is 8.49. The topological polar surface area (TPSA) is 83.9 Å². The number of aryl methyl sites for hydroxylation is 1. The third-order valence-electron chi connectivity index (χ3n) is 7.77. The SMILES string of the molecule is C.CCOC(=O)/C(C)=C/[C@H](C(C)C)N(C)C(=O)[C@@H](NC(=O)[C@@H](N(C)C)C(C)(C)c1cn(C)c2ccccc12)C(C)C.[B]. The van der Waals surface area contributed by atoms with Gasteiger partial charge in [-0.15, -0.1) is 0 Å². The van der Waals surface area contributed by atoms with E-state index >= 15 is 0 Å². The van der Waals surface area contributed by atoms with E-state index in [9.17, 15) is 14.4 Å². The van der Waals surface area contributed by atoms with Gasteiger partial charge in [-0.25, -0.2) is 4.79 Å². The number of nitrogens with one attached hydrogen (secondary N) is 1. The molecule has 0 spiro atoms. The Kier molecular flexibility index (Phi) is 14.8. The number of carbonyl (C=O) groups excluding carboxylic acids is 3. The van der Waals surface area contributed by atoms with Gasteiger partial charge in [0.15, 0.2) is 0 Å². The number of nitrogens with zero attached hydrogens (tertiary/aromatic N) is 3. The number of fused-ring (bicyclic) bond motifs is 1. The Morgan fingerprint density at radius 1 is 1.05 bits per heavy atom. The summed E-state index contributed by atoms with van der Waals surface area (Å²) in [5.41, 5.74) is 2.06. The molecule has 0 saturated carbocycles. The van der Waals surface area contributed by atoms with Crippen LogP contribution >= 0.6 is 0 Å². The van der Waals surface area contributed by atoms with Crippen LogP contribution in [0, 0.1) is 11.8 Å². The van der Waals surface area contributed by atoms with E-state index in [4.69, 9.17) is 4.74 Å². The number of hydrogen-bond donors (Lipinski definition) is 1. The summed E-state index contributed by atoms with van der Waals surface area (Å²) in [6, 6.07) is 6.57. The maximum atomic E-state index is 14.0. The number of likely N-dealkylation sites (N-methyl/N-ethyl adjacent to an activating group) is 2. The fraction of sp³-hybridized carbons (Fsp3) is 0.606. The van der Waals surface area contributed by atoms with Crippen LogP contribution in [0.2, 0.25) is 0 Å². The maximum absolute atomic E-state index is 14.0. The first-order valence-electron chi connectivity index (χ1n) is 14.2. The Balaban J connectivity index is 0.00000840. The van der Waals surface area contributed by atoms with Gasteiger partial charge in [0.2, 0.25) is 11.8 Å². The van der Waals surface area contributed by atoms with Gasteiger partial charge in [-0.2, -0.15) is 0 Å². The van der Waals surface area contributed by atoms with Crippen LogP contribution in [0.25, 0.3) is 10.9 Å². The lowest BCUT2D eigenvalue weighted by molar-refractivity contribution is -0.140. The minimum atomic E-state index is -0.735. The number of hydrogen-bond acceptors (Lipinski definition) is 5. The Morgan fingerprint density at radius 3 is 2.12 bits per heavy atom. The third-order valence-corrected chi connectivity index (χ3v) is 7.77. The Hall–Kier alpha value is -3.07. The molecule has 3 atom stereocenters. The lowest BCUT2D eigenvalue weighted by Gasteiger charge is -2.39. The number of aromatic nitrogens is 1. The van der Waals surface area contributed by atoms with Crippen LogP contribution in [-0.4, -0.2) is 86.4 Å². The number of amides is 2. The van der Waals surface area contributed by atoms with Crippen molar-refractivity contribution in [2.75, 3.05) is 27.7 Å². The first-order chi connectivity index (χ1) is 18.6. The Labute approximate surface area is 256 Å². The van der Waals surface area contributed by atoms with E-state index in [1.165, 1.54) is 0 Å². The van der Waals surface area contributed by atoms with Crippen LogP contribution in [-0.2, 0) is 31.6 Å². The maximum Gasteiger partial charge on any atom is 0.333 e. The highest BCUT2D eigenvalue weighted by Crippen LogP contribution is 2.36. The molecule has 2 aromatic rings. The molecule has 1 heterocycles. The number of ether oxygens (including phenoxy) is 1. The zero-order valence-corrected chi connectivity index (χ0v) is 27.1. The number of esters is 1. The predicted molar refractivity (Wildman–Crippen MR) is 174 cm³/mol. The molecule has 0 unspecified atom stereocenters. The van der Waals surface area contributed by atoms with Gasteiger partial charge in [-0.1, -0.05) is 73.2 Å². The van der Waals surface area contributed by atoms with Gasteiger partial charge in [0.1, 0.15) is 6.04 Å². The van der Waals surface area contributed by atoms with Gasteiger partial charge in [-0.05, 0) is 51.4 Å². The van der Waals surface area contributed by atoms with Crippen LogP contribution in [0.3, 0.4) is 0 Å². The Morgan fingerprint density at radius 2 is 1.62 bits per heavy atom. The van der Waals surface area contributed by atoms with Crippen molar-refractivity contribution in [3.05, 3.63) is 47.7 Å². The molecule has 3 radical (unpaired) electrons. The molecule has 2 rings (SSSR count). The van der Waals surface area contributed by atoms with Crippen molar-refractivity contribution >= 4 is 37.1 Å². The van der Waals surface area contributed by atoms with E-state index in [1.807, 2.05) is 65.9 Å². The molecule has 0 saturated heterocycles. The molecule has 0 aliphatic heterocycles. The summed E-state index contributed by atoms with van der Waals surface area (Å²) in [7, 11) is 7.53. The molecule has 1 aromatic heterocycles. The van der Waals surface area contributed by atoms with Crippen molar-refractivity contribution in [3.63, 3.8) is 0 Å². The summed E-state index contributed by atoms with van der Waals surface area (Å²) in [5.74, 6) is -0.905. The quantitative estimate of drug-likeness (QED) is 0.222. The standard InChI is InChI=1S/C32H50N4O4.CH4.B/c1-13-40-31(39)22(6)18-26(20(2)3)36(12)30(38)27(21(4)5)33-29(37)28(34(9)10)32(7,8)24-19-35(11)25-17-15-14-16-23(24)25;;/h14-21,26-28H,13H2,1-12H3,(H,33,37);1H4;/b22-18+;;/t26-,27+,28-;;/m1../s1. The molecule has 0 fully saturated rings. The normalized spacial score (nSPS) is 14.2. The zero-order chi connectivity index (χ0) is 30.5. The zero-order valence-electron chi connectivity index (χ0n) is 27.1. The average Bonchev–Trinajstić information content (AvgIpc) is 3.21. The van der Waals surface area contributed by atoms with E-state index in [0.717, 1.165) is 16.5 Å². The molecule has 0 bridgehead atoms. The van der Waals surface area contributed by atoms with E-state index < -0.39 is 23.5 Å². The van der Waals surface area contributed by atoms with E-state index in [0.29, 0.717) is 5.57 Å². The highest BCUT2D eigenvalue weighted by Gasteiger charge is 2.42. The molecule has 2 amide bonds. The highest BCUT2D eigenvalue weighted by atomic mass is 16.5. The van der Waals surface area contributed by atoms with Crippen LogP contribution in [0.1, 0.15) is 68.4 Å². The Bertz CT molecular complexity index is 1230. The molecular weight excluding hydrogens is 527 g/mol. The average molecular weight is 582 g/mol. The lowest BCUT2D eigenvalue weighted by Crippen LogP contribution is -2.60. The second kappa shape index (κ2) is 16.0. The predicted octanol–water partition coefficient (Wildman–Crippen LogP) is 4.77. The molecule has 0 aliphatic carbocycles. The van der Waals surface area contributed by atoms with Crippen molar-refractivity contribution in [2.45, 2.75) is 86.4 Å². The number of carbonyl (C=O) groups is 3. The summed E-state index contributed by atoms with van der Waals surface area (Å²) < 4.78 is 7.22. The van der Waals surface area contributed by atoms with Gasteiger partial charge < -0.3 is 19.5 Å². The van der Waals surface area contributed by atoms with Crippen molar-refractivity contribution in [2.24, 2.45) is 18.9 Å². The van der Waals surface area contributed by atoms with Gasteiger partial charge in [0.25, 0.3) is 0 Å². The van der Waals surface area contributed by atoms with Gasteiger partial charge in [0.05, 0.1) is 18.7 Å². The van der Waals surface area contributed by atoms with E-state index in [1.54, 1.807) is 31.9 Å². The molecule has 9 heteroatoms. The number of para-hydroxylation sites is 1. The van der Waals surface area contributed by atoms with Crippen LogP contribution in [0.5, 0.6) is 0 Å². The number of benzene rings is 1. The largest absolute Gasteiger partial charge is 0.463 e. The monoisotopic (exact) mass is 581 g/mol. The summed E-state index contributed by atoms with van der Waals surface area (Å²) >= 11 is 0. The molecule has 8 nitrogen and oxygen atoms in total. The second-order valence-corrected chi connectivity index (χ2v) is 12.2. The van der Waals surface area contributed by atoms with Crippen LogP contribution in [0.15, 0.2) is 42.1 Å². The minimum absolute atomic E-state index is 0. The molecule has 233 valence electrons. The molecule has 42 heavy (non-hydrogen) atoms. The molecule has 1 aromatic carbocycles. The summed E-state index contributed by atoms with van der Waals surface area (Å²) in [4.78, 5) is 43.7. The summed E-state index contributed by atoms with van der Waals surface area (Å²) in [6.07, 6.45) is 3.88. The first kappa shape index (κ1) is 38.9. The lowest BCUT2D eigenvalue weighted by atomic mass is 9.76. The van der Waals surface area contributed by atoms with Crippen molar-refractivity contribution in [1.82, 2.24) is 19.7 Å². The van der Waals surface area contributed by atoms with Gasteiger partial charge in [-0.3, -0.25) is 14.5 Å². The van der Waals surface area contributed by atoms with Crippen molar-refractivity contribution in [1.29, 1.82) is 0 Å². The molecule has 0 aliphatic rings. The van der Waals surface area contributed by atoms with Crippen LogP contribution < -0.4 is 5.32 Å². The summed E-state index contributed by atoms with van der Waals surface area (Å²) in [5, 5.41) is 4.21. The van der Waals surface area contributed by atoms with Crippen molar-refractivity contribution < 1.29 is 19.1 Å². The van der Waals surface area contributed by atoms with Gasteiger partial charge in [0, 0.05) is 50.6 Å². The number of rotatable bonds is 12. The van der Waals surface area contributed by atoms with E-state index in [-0.39, 0.29) is 52.1 Å². The van der Waals surface area contributed by atoms with Gasteiger partial charge >= 0.3 is 5.97 Å².